The first-order chi connectivity index (χ1) is 11.7. The van der Waals surface area contributed by atoms with Crippen molar-refractivity contribution < 1.29 is 19.0 Å². The Bertz CT molecular complexity index is 644. The molecule has 0 aliphatic rings. The minimum absolute atomic E-state index is 0.305. The molecule has 2 amide bonds. The molecule has 0 radical (unpaired) electrons. The molecule has 2 aromatic carbocycles. The number of carbonyl (C=O) groups excluding carboxylic acids is 1. The molecule has 0 saturated carbocycles. The van der Waals surface area contributed by atoms with Crippen molar-refractivity contribution in [2.75, 3.05) is 32.2 Å². The van der Waals surface area contributed by atoms with Crippen LogP contribution < -0.4 is 24.8 Å². The molecule has 0 unspecified atom stereocenters. The van der Waals surface area contributed by atoms with E-state index in [2.05, 4.69) is 10.6 Å². The predicted octanol–water partition coefficient (Wildman–Crippen LogP) is 3.29. The van der Waals surface area contributed by atoms with Crippen LogP contribution in [0.1, 0.15) is 6.92 Å². The number of hydrogen-bond acceptors (Lipinski definition) is 4. The fraction of sp³-hybridized carbons (Fsp3) is 0.278. The van der Waals surface area contributed by atoms with E-state index in [-0.39, 0.29) is 6.03 Å². The highest BCUT2D eigenvalue weighted by molar-refractivity contribution is 5.90. The predicted molar refractivity (Wildman–Crippen MR) is 93.1 cm³/mol. The molecule has 0 bridgehead atoms. The van der Waals surface area contributed by atoms with E-state index in [9.17, 15) is 4.79 Å². The Morgan fingerprint density at radius 1 is 1.00 bits per heavy atom. The minimum atomic E-state index is -0.305. The molecule has 0 spiro atoms. The van der Waals surface area contributed by atoms with Crippen LogP contribution in [0.4, 0.5) is 10.5 Å². The number of urea groups is 1. The highest BCUT2D eigenvalue weighted by atomic mass is 16.5. The fourth-order valence-corrected chi connectivity index (χ4v) is 2.02. The molecule has 128 valence electrons. The minimum Gasteiger partial charge on any atom is -0.497 e. The van der Waals surface area contributed by atoms with Gasteiger partial charge in [0.25, 0.3) is 0 Å². The van der Waals surface area contributed by atoms with E-state index in [0.717, 1.165) is 11.5 Å². The summed E-state index contributed by atoms with van der Waals surface area (Å²) in [6.45, 7) is 3.19. The first kappa shape index (κ1) is 17.5. The van der Waals surface area contributed by atoms with E-state index in [1.54, 1.807) is 13.2 Å². The molecule has 0 atom stereocenters. The van der Waals surface area contributed by atoms with Gasteiger partial charge in [0.2, 0.25) is 0 Å². The molecule has 0 heterocycles. The van der Waals surface area contributed by atoms with Gasteiger partial charge in [-0.2, -0.15) is 0 Å². The second-order valence-electron chi connectivity index (χ2n) is 4.83. The van der Waals surface area contributed by atoms with Crippen molar-refractivity contribution in [3.05, 3.63) is 48.5 Å². The van der Waals surface area contributed by atoms with Gasteiger partial charge in [0.15, 0.2) is 0 Å². The lowest BCUT2D eigenvalue weighted by Crippen LogP contribution is -2.32. The number of amides is 2. The van der Waals surface area contributed by atoms with Crippen LogP contribution in [0.15, 0.2) is 48.5 Å². The monoisotopic (exact) mass is 330 g/mol. The number of nitrogens with one attached hydrogen (secondary N) is 2. The maximum absolute atomic E-state index is 11.9. The zero-order valence-electron chi connectivity index (χ0n) is 13.9. The summed E-state index contributed by atoms with van der Waals surface area (Å²) in [6, 6.07) is 14.3. The summed E-state index contributed by atoms with van der Waals surface area (Å²) in [6.07, 6.45) is 0. The number of methoxy groups -OCH3 is 1. The normalized spacial score (nSPS) is 9.92. The molecule has 0 aliphatic carbocycles. The third-order valence-electron chi connectivity index (χ3n) is 3.15. The van der Waals surface area contributed by atoms with Crippen molar-refractivity contribution in [2.24, 2.45) is 0 Å². The van der Waals surface area contributed by atoms with Crippen LogP contribution in [0.3, 0.4) is 0 Å². The van der Waals surface area contributed by atoms with Crippen molar-refractivity contribution in [1.29, 1.82) is 0 Å². The molecule has 0 aromatic heterocycles. The number of para-hydroxylation sites is 2. The molecule has 2 N–H and O–H groups in total. The second-order valence-corrected chi connectivity index (χ2v) is 4.83. The van der Waals surface area contributed by atoms with Gasteiger partial charge in [0.05, 0.1) is 25.9 Å². The first-order valence-corrected chi connectivity index (χ1v) is 7.76. The summed E-state index contributed by atoms with van der Waals surface area (Å²) in [5.41, 5.74) is 0.632. The van der Waals surface area contributed by atoms with Gasteiger partial charge < -0.3 is 24.8 Å². The smallest absolute Gasteiger partial charge is 0.319 e. The van der Waals surface area contributed by atoms with Gasteiger partial charge >= 0.3 is 6.03 Å². The average Bonchev–Trinajstić information content (AvgIpc) is 2.61. The van der Waals surface area contributed by atoms with Crippen LogP contribution in [-0.4, -0.2) is 32.9 Å². The summed E-state index contributed by atoms with van der Waals surface area (Å²) in [5, 5.41) is 5.50. The lowest BCUT2D eigenvalue weighted by Gasteiger charge is -2.12. The molecule has 6 heteroatoms. The summed E-state index contributed by atoms with van der Waals surface area (Å²) >= 11 is 0. The molecule has 6 nitrogen and oxygen atoms in total. The molecule has 0 saturated heterocycles. The molecule has 24 heavy (non-hydrogen) atoms. The molecule has 2 rings (SSSR count). The topological polar surface area (TPSA) is 68.8 Å². The average molecular weight is 330 g/mol. The van der Waals surface area contributed by atoms with Crippen molar-refractivity contribution in [3.8, 4) is 17.2 Å². The van der Waals surface area contributed by atoms with Crippen molar-refractivity contribution in [2.45, 2.75) is 6.92 Å². The number of rotatable bonds is 8. The third kappa shape index (κ3) is 5.39. The summed E-state index contributed by atoms with van der Waals surface area (Å²) < 4.78 is 16.1. The number of anilines is 1. The van der Waals surface area contributed by atoms with Crippen LogP contribution in [0.25, 0.3) is 0 Å². The van der Waals surface area contributed by atoms with Crippen LogP contribution >= 0.6 is 0 Å². The molecule has 0 fully saturated rings. The van der Waals surface area contributed by atoms with Crippen LogP contribution in [0.2, 0.25) is 0 Å². The van der Waals surface area contributed by atoms with Crippen LogP contribution in [0, 0.1) is 0 Å². The van der Waals surface area contributed by atoms with Gasteiger partial charge in [-0.3, -0.25) is 0 Å². The Labute approximate surface area is 141 Å². The van der Waals surface area contributed by atoms with Gasteiger partial charge in [0.1, 0.15) is 23.9 Å². The highest BCUT2D eigenvalue weighted by Gasteiger charge is 2.06. The molecular weight excluding hydrogens is 308 g/mol. The number of hydrogen-bond donors (Lipinski definition) is 2. The van der Waals surface area contributed by atoms with E-state index in [1.807, 2.05) is 49.4 Å². The van der Waals surface area contributed by atoms with Gasteiger partial charge in [-0.25, -0.2) is 4.79 Å². The van der Waals surface area contributed by atoms with E-state index in [0.29, 0.717) is 31.2 Å². The van der Waals surface area contributed by atoms with E-state index < -0.39 is 0 Å². The molecule has 2 aromatic rings. The zero-order valence-corrected chi connectivity index (χ0v) is 13.9. The Hall–Kier alpha value is -2.89. The molecule has 0 aliphatic heterocycles. The maximum atomic E-state index is 11.9. The van der Waals surface area contributed by atoms with Crippen molar-refractivity contribution in [1.82, 2.24) is 5.32 Å². The van der Waals surface area contributed by atoms with E-state index in [4.69, 9.17) is 14.2 Å². The maximum Gasteiger partial charge on any atom is 0.319 e. The third-order valence-corrected chi connectivity index (χ3v) is 3.15. The highest BCUT2D eigenvalue weighted by Crippen LogP contribution is 2.23. The Kier molecular flexibility index (Phi) is 6.76. The van der Waals surface area contributed by atoms with Crippen molar-refractivity contribution >= 4 is 11.7 Å². The van der Waals surface area contributed by atoms with E-state index >= 15 is 0 Å². The number of carbonyl (C=O) groups is 1. The lowest BCUT2D eigenvalue weighted by atomic mass is 10.3. The summed E-state index contributed by atoms with van der Waals surface area (Å²) in [7, 11) is 1.61. The zero-order chi connectivity index (χ0) is 17.2. The van der Waals surface area contributed by atoms with Gasteiger partial charge in [0, 0.05) is 0 Å². The van der Waals surface area contributed by atoms with Crippen molar-refractivity contribution in [3.63, 3.8) is 0 Å². The van der Waals surface area contributed by atoms with Crippen LogP contribution in [0.5, 0.6) is 17.2 Å². The standard InChI is InChI=1S/C18H22N2O4/c1-3-23-17-7-5-4-6-16(17)20-18(21)19-12-13-24-15-10-8-14(22-2)9-11-15/h4-11H,3,12-13H2,1-2H3,(H2,19,20,21). The van der Waals surface area contributed by atoms with Gasteiger partial charge in [-0.15, -0.1) is 0 Å². The lowest BCUT2D eigenvalue weighted by molar-refractivity contribution is 0.247. The van der Waals surface area contributed by atoms with Gasteiger partial charge in [-0.1, -0.05) is 12.1 Å². The molecular formula is C18H22N2O4. The quantitative estimate of drug-likeness (QED) is 0.729. The SMILES string of the molecule is CCOc1ccccc1NC(=O)NCCOc1ccc(OC)cc1. The summed E-state index contributed by atoms with van der Waals surface area (Å²) in [4.78, 5) is 11.9. The summed E-state index contributed by atoms with van der Waals surface area (Å²) in [5.74, 6) is 2.14. The van der Waals surface area contributed by atoms with Crippen LogP contribution in [-0.2, 0) is 0 Å². The largest absolute Gasteiger partial charge is 0.497 e. The second kappa shape index (κ2) is 9.29. The fourth-order valence-electron chi connectivity index (χ4n) is 2.02. The van der Waals surface area contributed by atoms with Gasteiger partial charge in [-0.05, 0) is 43.3 Å². The Morgan fingerprint density at radius 2 is 1.71 bits per heavy atom. The van der Waals surface area contributed by atoms with E-state index in [1.165, 1.54) is 0 Å². The first-order valence-electron chi connectivity index (χ1n) is 7.76. The number of benzene rings is 2. The number of ether oxygens (including phenoxy) is 3. The Morgan fingerprint density at radius 3 is 2.42 bits per heavy atom. The Balaban J connectivity index is 1.73.